The molecule has 0 aliphatic heterocycles. The van der Waals surface area contributed by atoms with Crippen LogP contribution in [0.4, 0.5) is 0 Å². The fourth-order valence-corrected chi connectivity index (χ4v) is 0.639. The Kier molecular flexibility index (Phi) is 9.84. The van der Waals surface area contributed by atoms with Crippen molar-refractivity contribution in [3.63, 3.8) is 0 Å². The molecule has 0 aliphatic carbocycles. The minimum atomic E-state index is -0.751. The minimum Gasteiger partial charge on any atom is -0.480 e. The van der Waals surface area contributed by atoms with Crippen LogP contribution in [0.1, 0.15) is 13.8 Å². The summed E-state index contributed by atoms with van der Waals surface area (Å²) in [5.41, 5.74) is 0. The van der Waals surface area contributed by atoms with Gasteiger partial charge in [0.25, 0.3) is 0 Å². The van der Waals surface area contributed by atoms with Crippen molar-refractivity contribution in [2.75, 3.05) is 19.6 Å². The second kappa shape index (κ2) is 7.54. The average molecular weight is 154 g/mol. The van der Waals surface area contributed by atoms with E-state index < -0.39 is 5.97 Å². The molecular weight excluding hydrogens is 141 g/mol. The van der Waals surface area contributed by atoms with Crippen molar-refractivity contribution >= 4 is 5.97 Å². The molecule has 10 heavy (non-hydrogen) atoms. The normalized spacial score (nSPS) is 9.10. The third-order valence-electron chi connectivity index (χ3n) is 1.25. The summed E-state index contributed by atoms with van der Waals surface area (Å²) in [6, 6.07) is 0. The van der Waals surface area contributed by atoms with Gasteiger partial charge in [-0.1, -0.05) is 13.8 Å². The number of rotatable bonds is 4. The standard InChI is InChI=1S/C6H13NO2.Na/c1-3-7(4-2)5-6(8)9;/h3-5H2,1-2H3,(H,8,9);/q;+1. The van der Waals surface area contributed by atoms with Crippen molar-refractivity contribution in [2.24, 2.45) is 0 Å². The fraction of sp³-hybridized carbons (Fsp3) is 0.833. The molecule has 0 unspecified atom stereocenters. The summed E-state index contributed by atoms with van der Waals surface area (Å²) in [5.74, 6) is -0.751. The van der Waals surface area contributed by atoms with Crippen LogP contribution >= 0.6 is 0 Å². The molecule has 1 N–H and O–H groups in total. The quantitative estimate of drug-likeness (QED) is 0.452. The summed E-state index contributed by atoms with van der Waals surface area (Å²) in [5, 5.41) is 8.30. The number of carboxylic acid groups (broad SMARTS) is 1. The first-order valence-corrected chi connectivity index (χ1v) is 3.14. The summed E-state index contributed by atoms with van der Waals surface area (Å²) in [4.78, 5) is 11.9. The van der Waals surface area contributed by atoms with Crippen molar-refractivity contribution in [3.8, 4) is 0 Å². The number of aliphatic carboxylic acids is 1. The Bertz CT molecular complexity index is 93.7. The van der Waals surface area contributed by atoms with Crippen LogP contribution < -0.4 is 29.6 Å². The van der Waals surface area contributed by atoms with Crippen molar-refractivity contribution < 1.29 is 39.5 Å². The van der Waals surface area contributed by atoms with E-state index in [-0.39, 0.29) is 36.1 Å². The van der Waals surface area contributed by atoms with E-state index in [2.05, 4.69) is 0 Å². The maximum absolute atomic E-state index is 10.1. The van der Waals surface area contributed by atoms with Gasteiger partial charge in [-0.05, 0) is 13.1 Å². The summed E-state index contributed by atoms with van der Waals surface area (Å²) in [7, 11) is 0. The Balaban J connectivity index is 0. The third-order valence-corrected chi connectivity index (χ3v) is 1.25. The molecule has 0 saturated heterocycles. The summed E-state index contributed by atoms with van der Waals surface area (Å²) in [6.07, 6.45) is 0. The van der Waals surface area contributed by atoms with Gasteiger partial charge in [-0.15, -0.1) is 0 Å². The van der Waals surface area contributed by atoms with Gasteiger partial charge >= 0.3 is 35.5 Å². The van der Waals surface area contributed by atoms with E-state index in [0.717, 1.165) is 13.1 Å². The van der Waals surface area contributed by atoms with Gasteiger partial charge in [0.05, 0.1) is 6.54 Å². The molecular formula is C6H13NNaO2+. The Morgan fingerprint density at radius 1 is 1.40 bits per heavy atom. The molecule has 0 saturated carbocycles. The Morgan fingerprint density at radius 2 is 1.80 bits per heavy atom. The van der Waals surface area contributed by atoms with E-state index in [1.807, 2.05) is 18.7 Å². The van der Waals surface area contributed by atoms with Crippen LogP contribution in [0.15, 0.2) is 0 Å². The van der Waals surface area contributed by atoms with Crippen LogP contribution in [-0.4, -0.2) is 35.6 Å². The van der Waals surface area contributed by atoms with Crippen LogP contribution in [0.3, 0.4) is 0 Å². The van der Waals surface area contributed by atoms with Gasteiger partial charge < -0.3 is 5.11 Å². The zero-order valence-electron chi connectivity index (χ0n) is 6.92. The smallest absolute Gasteiger partial charge is 0.480 e. The molecule has 0 spiro atoms. The zero-order valence-corrected chi connectivity index (χ0v) is 8.92. The second-order valence-corrected chi connectivity index (χ2v) is 1.86. The average Bonchev–Trinajstić information content (AvgIpc) is 1.82. The largest absolute Gasteiger partial charge is 1.00 e. The van der Waals surface area contributed by atoms with Gasteiger partial charge in [-0.3, -0.25) is 9.69 Å². The van der Waals surface area contributed by atoms with Gasteiger partial charge in [-0.2, -0.15) is 0 Å². The van der Waals surface area contributed by atoms with Gasteiger partial charge in [0.1, 0.15) is 0 Å². The van der Waals surface area contributed by atoms with Crippen LogP contribution in [-0.2, 0) is 4.79 Å². The van der Waals surface area contributed by atoms with Crippen molar-refractivity contribution in [3.05, 3.63) is 0 Å². The predicted molar refractivity (Wildman–Crippen MR) is 35.4 cm³/mol. The molecule has 0 aliphatic rings. The van der Waals surface area contributed by atoms with E-state index in [1.165, 1.54) is 0 Å². The van der Waals surface area contributed by atoms with E-state index in [9.17, 15) is 4.79 Å². The van der Waals surface area contributed by atoms with E-state index >= 15 is 0 Å². The van der Waals surface area contributed by atoms with Gasteiger partial charge in [0.15, 0.2) is 0 Å². The predicted octanol–water partition coefficient (Wildman–Crippen LogP) is -2.58. The summed E-state index contributed by atoms with van der Waals surface area (Å²) in [6.45, 7) is 5.68. The number of nitrogens with zero attached hydrogens (tertiary/aromatic N) is 1. The minimum absolute atomic E-state index is 0. The fourth-order valence-electron chi connectivity index (χ4n) is 0.639. The third kappa shape index (κ3) is 6.55. The Hall–Kier alpha value is 0.430. The van der Waals surface area contributed by atoms with Crippen molar-refractivity contribution in [1.82, 2.24) is 4.90 Å². The molecule has 0 atom stereocenters. The number of carboxylic acids is 1. The molecule has 0 radical (unpaired) electrons. The van der Waals surface area contributed by atoms with Gasteiger partial charge in [0.2, 0.25) is 0 Å². The zero-order chi connectivity index (χ0) is 7.28. The first-order chi connectivity index (χ1) is 4.20. The van der Waals surface area contributed by atoms with Gasteiger partial charge in [0, 0.05) is 0 Å². The van der Waals surface area contributed by atoms with E-state index in [4.69, 9.17) is 5.11 Å². The Labute approximate surface area is 83.7 Å². The number of hydrogen-bond donors (Lipinski definition) is 1. The summed E-state index contributed by atoms with van der Waals surface area (Å²) >= 11 is 0. The SMILES string of the molecule is CCN(CC)CC(=O)O.[Na+]. The summed E-state index contributed by atoms with van der Waals surface area (Å²) < 4.78 is 0. The topological polar surface area (TPSA) is 40.5 Å². The number of hydrogen-bond acceptors (Lipinski definition) is 2. The molecule has 3 nitrogen and oxygen atoms in total. The molecule has 0 aromatic rings. The van der Waals surface area contributed by atoms with E-state index in [0.29, 0.717) is 0 Å². The van der Waals surface area contributed by atoms with Crippen molar-refractivity contribution in [1.29, 1.82) is 0 Å². The van der Waals surface area contributed by atoms with Crippen LogP contribution in [0, 0.1) is 0 Å². The first kappa shape index (κ1) is 13.1. The molecule has 0 heterocycles. The maximum Gasteiger partial charge on any atom is 1.00 e. The van der Waals surface area contributed by atoms with Gasteiger partial charge in [-0.25, -0.2) is 0 Å². The monoisotopic (exact) mass is 154 g/mol. The molecule has 0 rings (SSSR count). The molecule has 0 aromatic carbocycles. The molecule has 4 heteroatoms. The number of carbonyl (C=O) groups is 1. The molecule has 54 valence electrons. The Morgan fingerprint density at radius 3 is 1.90 bits per heavy atom. The van der Waals surface area contributed by atoms with E-state index in [1.54, 1.807) is 0 Å². The van der Waals surface area contributed by atoms with Crippen molar-refractivity contribution in [2.45, 2.75) is 13.8 Å². The first-order valence-electron chi connectivity index (χ1n) is 3.14. The maximum atomic E-state index is 10.1. The molecule has 0 bridgehead atoms. The molecule has 0 amide bonds. The second-order valence-electron chi connectivity index (χ2n) is 1.86. The van der Waals surface area contributed by atoms with Crippen LogP contribution in [0.5, 0.6) is 0 Å². The van der Waals surface area contributed by atoms with Crippen LogP contribution in [0.2, 0.25) is 0 Å². The molecule has 0 aromatic heterocycles. The molecule has 0 fully saturated rings. The number of likely N-dealkylation sites (N-methyl/N-ethyl adjacent to an activating group) is 1. The van der Waals surface area contributed by atoms with Crippen LogP contribution in [0.25, 0.3) is 0 Å².